The highest BCUT2D eigenvalue weighted by Crippen LogP contribution is 2.31. The van der Waals surface area contributed by atoms with Gasteiger partial charge in [-0.1, -0.05) is 29.4 Å². The van der Waals surface area contributed by atoms with Crippen molar-refractivity contribution in [2.75, 3.05) is 0 Å². The van der Waals surface area contributed by atoms with E-state index in [1.165, 1.54) is 11.1 Å². The average Bonchev–Trinajstić information content (AvgIpc) is 3.27. The van der Waals surface area contributed by atoms with Crippen molar-refractivity contribution < 1.29 is 9.32 Å². The first-order chi connectivity index (χ1) is 12.5. The summed E-state index contributed by atoms with van der Waals surface area (Å²) in [6.45, 7) is 3.81. The van der Waals surface area contributed by atoms with Crippen LogP contribution in [-0.4, -0.2) is 25.8 Å². The minimum Gasteiger partial charge on any atom is -0.369 e. The highest BCUT2D eigenvalue weighted by molar-refractivity contribution is 5.75. The number of benzene rings is 1. The van der Waals surface area contributed by atoms with Gasteiger partial charge in [-0.3, -0.25) is 4.79 Å². The molecule has 0 bridgehead atoms. The number of primary amides is 1. The van der Waals surface area contributed by atoms with Crippen LogP contribution in [0.25, 0.3) is 0 Å². The Morgan fingerprint density at radius 1 is 1.27 bits per heavy atom. The fourth-order valence-electron chi connectivity index (χ4n) is 3.67. The van der Waals surface area contributed by atoms with E-state index in [4.69, 9.17) is 10.3 Å². The Balaban J connectivity index is 1.69. The number of carbonyl (C=O) groups excluding carboxylic acids is 1. The maximum absolute atomic E-state index is 11.3. The van der Waals surface area contributed by atoms with Gasteiger partial charge >= 0.3 is 0 Å². The number of fused-ring (bicyclic) bond motifs is 1. The van der Waals surface area contributed by atoms with Gasteiger partial charge in [0, 0.05) is 12.0 Å². The van der Waals surface area contributed by atoms with Gasteiger partial charge in [-0.05, 0) is 37.8 Å². The molecule has 1 aromatic carbocycles. The zero-order valence-electron chi connectivity index (χ0n) is 14.9. The second kappa shape index (κ2) is 6.40. The number of amides is 1. The second-order valence-electron chi connectivity index (χ2n) is 6.84. The van der Waals surface area contributed by atoms with Gasteiger partial charge in [-0.2, -0.15) is 5.10 Å². The van der Waals surface area contributed by atoms with Gasteiger partial charge < -0.3 is 10.3 Å². The molecule has 0 saturated carbocycles. The summed E-state index contributed by atoms with van der Waals surface area (Å²) in [5.74, 6) is 1.63. The number of carbonyl (C=O) groups is 1. The van der Waals surface area contributed by atoms with Gasteiger partial charge in [-0.25, -0.2) is 9.67 Å². The molecule has 0 fully saturated rings. The SMILES string of the molecule is Cc1noc(C)c1Cc1nc(CC(N)=O)nn1C1Cc2ccccc2C1. The zero-order valence-corrected chi connectivity index (χ0v) is 14.9. The molecule has 2 heterocycles. The van der Waals surface area contributed by atoms with Crippen LogP contribution in [0.2, 0.25) is 0 Å². The molecular formula is C19H21N5O2. The van der Waals surface area contributed by atoms with E-state index in [0.29, 0.717) is 12.2 Å². The first kappa shape index (κ1) is 16.5. The van der Waals surface area contributed by atoms with Crippen LogP contribution >= 0.6 is 0 Å². The van der Waals surface area contributed by atoms with Crippen LogP contribution in [0, 0.1) is 13.8 Å². The molecule has 7 nitrogen and oxygen atoms in total. The molecule has 2 N–H and O–H groups in total. The largest absolute Gasteiger partial charge is 0.369 e. The number of nitrogens with zero attached hydrogens (tertiary/aromatic N) is 4. The summed E-state index contributed by atoms with van der Waals surface area (Å²) in [7, 11) is 0. The zero-order chi connectivity index (χ0) is 18.3. The third kappa shape index (κ3) is 3.00. The van der Waals surface area contributed by atoms with Crippen molar-refractivity contribution in [1.82, 2.24) is 19.9 Å². The molecule has 4 rings (SSSR count). The quantitative estimate of drug-likeness (QED) is 0.756. The Bertz CT molecular complexity index is 928. The number of nitrogens with two attached hydrogens (primary N) is 1. The highest BCUT2D eigenvalue weighted by Gasteiger charge is 2.27. The van der Waals surface area contributed by atoms with Crippen molar-refractivity contribution in [3.8, 4) is 0 Å². The van der Waals surface area contributed by atoms with Gasteiger partial charge in [-0.15, -0.1) is 0 Å². The van der Waals surface area contributed by atoms with Crippen LogP contribution in [-0.2, 0) is 30.5 Å². The topological polar surface area (TPSA) is 99.8 Å². The summed E-state index contributed by atoms with van der Waals surface area (Å²) in [6.07, 6.45) is 2.43. The van der Waals surface area contributed by atoms with Crippen LogP contribution < -0.4 is 5.73 Å². The minimum atomic E-state index is -0.430. The van der Waals surface area contributed by atoms with E-state index < -0.39 is 5.91 Å². The van der Waals surface area contributed by atoms with Crippen molar-refractivity contribution in [3.05, 3.63) is 64.1 Å². The van der Waals surface area contributed by atoms with Gasteiger partial charge in [0.2, 0.25) is 5.91 Å². The molecule has 2 aromatic heterocycles. The van der Waals surface area contributed by atoms with Gasteiger partial charge in [0.05, 0.1) is 18.2 Å². The fraction of sp³-hybridized carbons (Fsp3) is 0.368. The summed E-state index contributed by atoms with van der Waals surface area (Å²) < 4.78 is 7.24. The van der Waals surface area contributed by atoms with Crippen molar-refractivity contribution in [2.45, 2.75) is 45.6 Å². The van der Waals surface area contributed by atoms with E-state index >= 15 is 0 Å². The van der Waals surface area contributed by atoms with Crippen molar-refractivity contribution >= 4 is 5.91 Å². The van der Waals surface area contributed by atoms with E-state index in [1.54, 1.807) is 0 Å². The molecule has 134 valence electrons. The molecule has 3 aromatic rings. The lowest BCUT2D eigenvalue weighted by Crippen LogP contribution is -2.16. The Labute approximate surface area is 151 Å². The molecule has 0 saturated heterocycles. The standard InChI is InChI=1S/C19H21N5O2/c1-11-16(12(2)26-23-11)9-19-21-18(10-17(20)25)22-24(19)15-7-13-5-3-4-6-14(13)8-15/h3-6,15H,7-10H2,1-2H3,(H2,20,25). The summed E-state index contributed by atoms with van der Waals surface area (Å²) in [5.41, 5.74) is 9.88. The summed E-state index contributed by atoms with van der Waals surface area (Å²) in [5, 5.41) is 8.63. The van der Waals surface area contributed by atoms with Gasteiger partial charge in [0.1, 0.15) is 11.6 Å². The molecule has 1 aliphatic rings. The third-order valence-electron chi connectivity index (χ3n) is 4.97. The van der Waals surface area contributed by atoms with E-state index in [2.05, 4.69) is 39.5 Å². The summed E-state index contributed by atoms with van der Waals surface area (Å²) in [4.78, 5) is 15.9. The molecular weight excluding hydrogens is 330 g/mol. The van der Waals surface area contributed by atoms with Crippen molar-refractivity contribution in [1.29, 1.82) is 0 Å². The number of hydrogen-bond acceptors (Lipinski definition) is 5. The van der Waals surface area contributed by atoms with Crippen LogP contribution in [0.4, 0.5) is 0 Å². The van der Waals surface area contributed by atoms with Gasteiger partial charge in [0.15, 0.2) is 5.82 Å². The Kier molecular flexibility index (Phi) is 4.06. The van der Waals surface area contributed by atoms with Crippen molar-refractivity contribution in [3.63, 3.8) is 0 Å². The molecule has 0 atom stereocenters. The molecule has 1 aliphatic carbocycles. The third-order valence-corrected chi connectivity index (χ3v) is 4.97. The normalized spacial score (nSPS) is 13.9. The molecule has 1 amide bonds. The maximum Gasteiger partial charge on any atom is 0.225 e. The summed E-state index contributed by atoms with van der Waals surface area (Å²) in [6, 6.07) is 8.63. The molecule has 0 unspecified atom stereocenters. The maximum atomic E-state index is 11.3. The number of rotatable bonds is 5. The Hall–Kier alpha value is -2.96. The lowest BCUT2D eigenvalue weighted by molar-refractivity contribution is -0.117. The fourth-order valence-corrected chi connectivity index (χ4v) is 3.67. The van der Waals surface area contributed by atoms with Crippen LogP contribution in [0.3, 0.4) is 0 Å². The number of aryl methyl sites for hydroxylation is 2. The van der Waals surface area contributed by atoms with E-state index in [1.807, 2.05) is 18.5 Å². The predicted molar refractivity (Wildman–Crippen MR) is 94.6 cm³/mol. The Morgan fingerprint density at radius 3 is 2.54 bits per heavy atom. The number of aromatic nitrogens is 4. The lowest BCUT2D eigenvalue weighted by Gasteiger charge is -2.13. The first-order valence-electron chi connectivity index (χ1n) is 8.72. The molecule has 0 aliphatic heterocycles. The molecule has 0 radical (unpaired) electrons. The van der Waals surface area contributed by atoms with Crippen molar-refractivity contribution in [2.24, 2.45) is 5.73 Å². The minimum absolute atomic E-state index is 0.0429. The highest BCUT2D eigenvalue weighted by atomic mass is 16.5. The monoisotopic (exact) mass is 351 g/mol. The smallest absolute Gasteiger partial charge is 0.225 e. The van der Waals surface area contributed by atoms with E-state index in [0.717, 1.165) is 35.7 Å². The lowest BCUT2D eigenvalue weighted by atomic mass is 10.1. The van der Waals surface area contributed by atoms with E-state index in [-0.39, 0.29) is 12.5 Å². The summed E-state index contributed by atoms with van der Waals surface area (Å²) >= 11 is 0. The average molecular weight is 351 g/mol. The first-order valence-corrected chi connectivity index (χ1v) is 8.72. The molecule has 26 heavy (non-hydrogen) atoms. The van der Waals surface area contributed by atoms with Gasteiger partial charge in [0.25, 0.3) is 0 Å². The molecule has 0 spiro atoms. The van der Waals surface area contributed by atoms with Crippen LogP contribution in [0.1, 0.15) is 45.8 Å². The second-order valence-corrected chi connectivity index (χ2v) is 6.84. The Morgan fingerprint density at radius 2 is 1.96 bits per heavy atom. The predicted octanol–water partition coefficient (Wildman–Crippen LogP) is 1.84. The number of hydrogen-bond donors (Lipinski definition) is 1. The van der Waals surface area contributed by atoms with E-state index in [9.17, 15) is 4.79 Å². The van der Waals surface area contributed by atoms with Crippen LogP contribution in [0.15, 0.2) is 28.8 Å². The van der Waals surface area contributed by atoms with Crippen LogP contribution in [0.5, 0.6) is 0 Å². The molecule has 7 heteroatoms.